The molecule has 2 heterocycles. The van der Waals surface area contributed by atoms with Crippen LogP contribution in [-0.4, -0.2) is 29.3 Å². The normalized spacial score (nSPS) is 17.3. The molecule has 1 aliphatic heterocycles. The third-order valence-corrected chi connectivity index (χ3v) is 4.99. The summed E-state index contributed by atoms with van der Waals surface area (Å²) in [5.41, 5.74) is 2.27. The molecule has 0 radical (unpaired) electrons. The van der Waals surface area contributed by atoms with Crippen LogP contribution in [0, 0.1) is 6.92 Å². The molecule has 1 atom stereocenters. The molecule has 23 heavy (non-hydrogen) atoms. The van der Waals surface area contributed by atoms with Crippen molar-refractivity contribution in [1.29, 1.82) is 0 Å². The van der Waals surface area contributed by atoms with E-state index in [0.717, 1.165) is 18.4 Å². The summed E-state index contributed by atoms with van der Waals surface area (Å²) in [6.45, 7) is 3.19. The maximum Gasteiger partial charge on any atom is 0.264 e. The summed E-state index contributed by atoms with van der Waals surface area (Å²) in [6, 6.07) is 11.4. The van der Waals surface area contributed by atoms with Gasteiger partial charge in [-0.25, -0.2) is 0 Å². The van der Waals surface area contributed by atoms with Gasteiger partial charge in [0.1, 0.15) is 6.04 Å². The first-order chi connectivity index (χ1) is 11.1. The predicted octanol–water partition coefficient (Wildman–Crippen LogP) is 2.98. The van der Waals surface area contributed by atoms with E-state index >= 15 is 0 Å². The summed E-state index contributed by atoms with van der Waals surface area (Å²) in [4.78, 5) is 27.4. The standard InChI is InChI=1S/C18H20N2O2S/c1-13-6-8-14(9-7-13)12-19-17(21)15-4-2-10-20(15)18(22)16-5-3-11-23-16/h3,5-9,11,15H,2,4,10,12H2,1H3,(H,19,21)/t15-/m1/s1. The van der Waals surface area contributed by atoms with E-state index in [1.807, 2.05) is 48.7 Å². The zero-order chi connectivity index (χ0) is 16.2. The second-order valence-corrected chi connectivity index (χ2v) is 6.78. The lowest BCUT2D eigenvalue weighted by Crippen LogP contribution is -2.45. The largest absolute Gasteiger partial charge is 0.350 e. The Hall–Kier alpha value is -2.14. The maximum atomic E-state index is 12.5. The minimum absolute atomic E-state index is 0.0343. The molecule has 1 aromatic carbocycles. The van der Waals surface area contributed by atoms with E-state index in [0.29, 0.717) is 18.0 Å². The van der Waals surface area contributed by atoms with Gasteiger partial charge >= 0.3 is 0 Å². The van der Waals surface area contributed by atoms with Gasteiger partial charge in [0.05, 0.1) is 4.88 Å². The number of likely N-dealkylation sites (tertiary alicyclic amines) is 1. The van der Waals surface area contributed by atoms with E-state index in [2.05, 4.69) is 5.32 Å². The average molecular weight is 328 g/mol. The Morgan fingerprint density at radius 2 is 2.04 bits per heavy atom. The predicted molar refractivity (Wildman–Crippen MR) is 91.4 cm³/mol. The Morgan fingerprint density at radius 3 is 2.74 bits per heavy atom. The quantitative estimate of drug-likeness (QED) is 0.938. The van der Waals surface area contributed by atoms with Crippen LogP contribution in [0.5, 0.6) is 0 Å². The van der Waals surface area contributed by atoms with Crippen molar-refractivity contribution < 1.29 is 9.59 Å². The van der Waals surface area contributed by atoms with Crippen LogP contribution in [0.4, 0.5) is 0 Å². The summed E-state index contributed by atoms with van der Waals surface area (Å²) >= 11 is 1.42. The van der Waals surface area contributed by atoms with E-state index < -0.39 is 0 Å². The maximum absolute atomic E-state index is 12.5. The van der Waals surface area contributed by atoms with Crippen molar-refractivity contribution in [2.24, 2.45) is 0 Å². The van der Waals surface area contributed by atoms with Crippen molar-refractivity contribution >= 4 is 23.2 Å². The Morgan fingerprint density at radius 1 is 1.26 bits per heavy atom. The van der Waals surface area contributed by atoms with Crippen LogP contribution in [0.2, 0.25) is 0 Å². The molecule has 1 N–H and O–H groups in total. The summed E-state index contributed by atoms with van der Waals surface area (Å²) in [5.74, 6) is -0.0963. The summed E-state index contributed by atoms with van der Waals surface area (Å²) in [5, 5.41) is 4.85. The number of thiophene rings is 1. The first kappa shape index (κ1) is 15.7. The summed E-state index contributed by atoms with van der Waals surface area (Å²) in [6.07, 6.45) is 1.61. The first-order valence-corrected chi connectivity index (χ1v) is 8.71. The third-order valence-electron chi connectivity index (χ3n) is 4.14. The fourth-order valence-electron chi connectivity index (χ4n) is 2.84. The fraction of sp³-hybridized carbons (Fsp3) is 0.333. The Balaban J connectivity index is 1.61. The van der Waals surface area contributed by atoms with Gasteiger partial charge < -0.3 is 10.2 Å². The van der Waals surface area contributed by atoms with Crippen LogP contribution in [0.15, 0.2) is 41.8 Å². The van der Waals surface area contributed by atoms with Crippen molar-refractivity contribution in [2.45, 2.75) is 32.4 Å². The van der Waals surface area contributed by atoms with Crippen molar-refractivity contribution in [3.05, 3.63) is 57.8 Å². The average Bonchev–Trinajstić information content (AvgIpc) is 3.24. The molecule has 5 heteroatoms. The molecule has 4 nitrogen and oxygen atoms in total. The minimum atomic E-state index is -0.352. The molecular weight excluding hydrogens is 308 g/mol. The fourth-order valence-corrected chi connectivity index (χ4v) is 3.52. The SMILES string of the molecule is Cc1ccc(CNC(=O)[C@H]2CCCN2C(=O)c2cccs2)cc1. The molecule has 0 saturated carbocycles. The van der Waals surface area contributed by atoms with Gasteiger partial charge in [0.25, 0.3) is 5.91 Å². The van der Waals surface area contributed by atoms with Gasteiger partial charge in [-0.15, -0.1) is 11.3 Å². The number of rotatable bonds is 4. The lowest BCUT2D eigenvalue weighted by atomic mass is 10.1. The minimum Gasteiger partial charge on any atom is -0.350 e. The van der Waals surface area contributed by atoms with Crippen LogP contribution >= 0.6 is 11.3 Å². The van der Waals surface area contributed by atoms with E-state index in [4.69, 9.17) is 0 Å². The van der Waals surface area contributed by atoms with Crippen molar-refractivity contribution in [2.75, 3.05) is 6.54 Å². The van der Waals surface area contributed by atoms with Crippen LogP contribution in [0.3, 0.4) is 0 Å². The number of hydrogen-bond acceptors (Lipinski definition) is 3. The number of hydrogen-bond donors (Lipinski definition) is 1. The van der Waals surface area contributed by atoms with Gasteiger partial charge in [-0.2, -0.15) is 0 Å². The van der Waals surface area contributed by atoms with Gasteiger partial charge in [0.15, 0.2) is 0 Å². The summed E-state index contributed by atoms with van der Waals surface area (Å²) in [7, 11) is 0. The number of nitrogens with zero attached hydrogens (tertiary/aromatic N) is 1. The molecular formula is C18H20N2O2S. The number of nitrogens with one attached hydrogen (secondary N) is 1. The zero-order valence-electron chi connectivity index (χ0n) is 13.1. The molecule has 0 unspecified atom stereocenters. The third kappa shape index (κ3) is 3.62. The topological polar surface area (TPSA) is 49.4 Å². The number of benzene rings is 1. The van der Waals surface area contributed by atoms with Gasteiger partial charge in [-0.05, 0) is 36.8 Å². The second-order valence-electron chi connectivity index (χ2n) is 5.84. The number of carbonyl (C=O) groups excluding carboxylic acids is 2. The van der Waals surface area contributed by atoms with E-state index in [1.54, 1.807) is 4.90 Å². The van der Waals surface area contributed by atoms with Gasteiger partial charge in [0.2, 0.25) is 5.91 Å². The van der Waals surface area contributed by atoms with E-state index in [1.165, 1.54) is 16.9 Å². The monoisotopic (exact) mass is 328 g/mol. The number of aryl methyl sites for hydroxylation is 1. The van der Waals surface area contributed by atoms with Crippen LogP contribution < -0.4 is 5.32 Å². The Bertz CT molecular complexity index is 680. The van der Waals surface area contributed by atoms with Gasteiger partial charge in [-0.3, -0.25) is 9.59 Å². The molecule has 1 aromatic heterocycles. The van der Waals surface area contributed by atoms with E-state index in [9.17, 15) is 9.59 Å². The molecule has 1 fully saturated rings. The Labute approximate surface area is 140 Å². The highest BCUT2D eigenvalue weighted by atomic mass is 32.1. The van der Waals surface area contributed by atoms with E-state index in [-0.39, 0.29) is 17.9 Å². The molecule has 0 bridgehead atoms. The van der Waals surface area contributed by atoms with Crippen molar-refractivity contribution in [3.63, 3.8) is 0 Å². The Kier molecular flexibility index (Phi) is 4.76. The molecule has 1 aliphatic rings. The summed E-state index contributed by atoms with van der Waals surface area (Å²) < 4.78 is 0. The second kappa shape index (κ2) is 6.96. The van der Waals surface area contributed by atoms with Crippen molar-refractivity contribution in [3.8, 4) is 0 Å². The van der Waals surface area contributed by atoms with Crippen LogP contribution in [0.25, 0.3) is 0 Å². The molecule has 3 rings (SSSR count). The van der Waals surface area contributed by atoms with Crippen LogP contribution in [0.1, 0.15) is 33.6 Å². The van der Waals surface area contributed by atoms with Gasteiger partial charge in [-0.1, -0.05) is 35.9 Å². The smallest absolute Gasteiger partial charge is 0.264 e. The molecule has 0 spiro atoms. The zero-order valence-corrected chi connectivity index (χ0v) is 13.9. The first-order valence-electron chi connectivity index (χ1n) is 7.83. The van der Waals surface area contributed by atoms with Crippen molar-refractivity contribution in [1.82, 2.24) is 10.2 Å². The lowest BCUT2D eigenvalue weighted by Gasteiger charge is -2.23. The molecule has 120 valence electrons. The number of amides is 2. The molecule has 2 aromatic rings. The highest BCUT2D eigenvalue weighted by Gasteiger charge is 2.34. The molecule has 0 aliphatic carbocycles. The lowest BCUT2D eigenvalue weighted by molar-refractivity contribution is -0.125. The number of carbonyl (C=O) groups is 2. The van der Waals surface area contributed by atoms with Gasteiger partial charge in [0, 0.05) is 13.1 Å². The highest BCUT2D eigenvalue weighted by molar-refractivity contribution is 7.12. The molecule has 2 amide bonds. The van der Waals surface area contributed by atoms with Crippen LogP contribution in [-0.2, 0) is 11.3 Å². The highest BCUT2D eigenvalue weighted by Crippen LogP contribution is 2.22. The molecule has 1 saturated heterocycles.